The fourth-order valence-corrected chi connectivity index (χ4v) is 4.20. The van der Waals surface area contributed by atoms with E-state index in [1.54, 1.807) is 18.7 Å². The molecule has 0 unspecified atom stereocenters. The van der Waals surface area contributed by atoms with Crippen LogP contribution in [0, 0.1) is 17.0 Å². The van der Waals surface area contributed by atoms with E-state index in [1.807, 2.05) is 24.3 Å². The molecule has 0 aromatic heterocycles. The number of fused-ring (bicyclic) bond motifs is 1. The first-order valence-corrected chi connectivity index (χ1v) is 9.76. The summed E-state index contributed by atoms with van der Waals surface area (Å²) in [6, 6.07) is 12.0. The average Bonchev–Trinajstić information content (AvgIpc) is 3.12. The number of nitrogens with zero attached hydrogens (tertiary/aromatic N) is 3. The fourth-order valence-electron chi connectivity index (χ4n) is 3.23. The molecular weight excluding hydrogens is 376 g/mol. The van der Waals surface area contributed by atoms with Crippen LogP contribution in [0.5, 0.6) is 0 Å². The molecule has 2 aliphatic rings. The van der Waals surface area contributed by atoms with Gasteiger partial charge < -0.3 is 10.2 Å². The van der Waals surface area contributed by atoms with Crippen molar-refractivity contribution in [1.82, 2.24) is 4.90 Å². The molecule has 2 aromatic rings. The first-order valence-electron chi connectivity index (χ1n) is 8.88. The normalized spacial score (nSPS) is 15.5. The van der Waals surface area contributed by atoms with E-state index in [-0.39, 0.29) is 11.6 Å². The fraction of sp³-hybridized carbons (Fsp3) is 0.200. The predicted molar refractivity (Wildman–Crippen MR) is 111 cm³/mol. The lowest BCUT2D eigenvalue weighted by atomic mass is 10.1. The van der Waals surface area contributed by atoms with Gasteiger partial charge in [-0.3, -0.25) is 19.9 Å². The summed E-state index contributed by atoms with van der Waals surface area (Å²) in [7, 11) is 0. The van der Waals surface area contributed by atoms with Gasteiger partial charge in [-0.15, -0.1) is 0 Å². The van der Waals surface area contributed by atoms with E-state index in [1.165, 1.54) is 18.2 Å². The Balaban J connectivity index is 1.47. The van der Waals surface area contributed by atoms with Crippen molar-refractivity contribution in [3.63, 3.8) is 0 Å². The molecule has 0 radical (unpaired) electrons. The number of aryl methyl sites for hydroxylation is 1. The molecular formula is C20H18N4O3S. The van der Waals surface area contributed by atoms with Crippen LogP contribution in [0.2, 0.25) is 0 Å². The van der Waals surface area contributed by atoms with Crippen molar-refractivity contribution in [2.24, 2.45) is 4.99 Å². The Hall–Kier alpha value is -3.13. The first-order chi connectivity index (χ1) is 13.5. The lowest BCUT2D eigenvalue weighted by Crippen LogP contribution is -2.28. The molecule has 1 amide bonds. The van der Waals surface area contributed by atoms with Gasteiger partial charge >= 0.3 is 0 Å². The van der Waals surface area contributed by atoms with Crippen LogP contribution in [-0.2, 0) is 0 Å². The van der Waals surface area contributed by atoms with Gasteiger partial charge in [0.2, 0.25) is 0 Å². The van der Waals surface area contributed by atoms with E-state index < -0.39 is 4.92 Å². The molecule has 142 valence electrons. The number of carbonyl (C=O) groups excluding carboxylic acids is 1. The van der Waals surface area contributed by atoms with Gasteiger partial charge in [0.05, 0.1) is 10.6 Å². The Kier molecular flexibility index (Phi) is 4.87. The van der Waals surface area contributed by atoms with Crippen LogP contribution in [0.4, 0.5) is 11.4 Å². The summed E-state index contributed by atoms with van der Waals surface area (Å²) in [5, 5.41) is 16.9. The third-order valence-corrected chi connectivity index (χ3v) is 5.58. The summed E-state index contributed by atoms with van der Waals surface area (Å²) in [6.45, 7) is 3.47. The minimum absolute atomic E-state index is 0.00392. The number of nitro benzene ring substituents is 1. The van der Waals surface area contributed by atoms with E-state index >= 15 is 0 Å². The van der Waals surface area contributed by atoms with Gasteiger partial charge in [0.1, 0.15) is 0 Å². The molecule has 4 rings (SSSR count). The number of rotatable bonds is 4. The van der Waals surface area contributed by atoms with Crippen molar-refractivity contribution in [2.75, 3.05) is 18.4 Å². The average molecular weight is 394 g/mol. The predicted octanol–water partition coefficient (Wildman–Crippen LogP) is 4.26. The number of anilines is 1. The molecule has 2 aliphatic heterocycles. The van der Waals surface area contributed by atoms with Crippen molar-refractivity contribution in [3.8, 4) is 0 Å². The van der Waals surface area contributed by atoms with Crippen molar-refractivity contribution in [2.45, 2.75) is 13.3 Å². The molecule has 28 heavy (non-hydrogen) atoms. The number of aliphatic imine (C=N–C) groups is 1. The van der Waals surface area contributed by atoms with Crippen LogP contribution >= 0.6 is 11.8 Å². The molecule has 7 nitrogen and oxygen atoms in total. The first kappa shape index (κ1) is 18.2. The Morgan fingerprint density at radius 2 is 2.04 bits per heavy atom. The van der Waals surface area contributed by atoms with Crippen LogP contribution in [0.3, 0.4) is 0 Å². The number of thioether (sulfide) groups is 1. The number of benzene rings is 2. The number of hydrogen-bond acceptors (Lipinski definition) is 6. The van der Waals surface area contributed by atoms with Crippen molar-refractivity contribution < 1.29 is 9.72 Å². The van der Waals surface area contributed by atoms with Crippen molar-refractivity contribution in [3.05, 3.63) is 74.7 Å². The van der Waals surface area contributed by atoms with E-state index in [9.17, 15) is 14.9 Å². The Morgan fingerprint density at radius 1 is 1.25 bits per heavy atom. The zero-order chi connectivity index (χ0) is 19.7. The molecule has 2 aromatic carbocycles. The summed E-state index contributed by atoms with van der Waals surface area (Å²) in [4.78, 5) is 29.7. The summed E-state index contributed by atoms with van der Waals surface area (Å²) >= 11 is 1.64. The van der Waals surface area contributed by atoms with Gasteiger partial charge in [0.15, 0.2) is 5.17 Å². The third kappa shape index (κ3) is 3.50. The van der Waals surface area contributed by atoms with Crippen LogP contribution in [0.25, 0.3) is 5.70 Å². The van der Waals surface area contributed by atoms with Gasteiger partial charge in [-0.25, -0.2) is 0 Å². The molecule has 0 aliphatic carbocycles. The van der Waals surface area contributed by atoms with Crippen LogP contribution in [-0.4, -0.2) is 34.0 Å². The minimum Gasteiger partial charge on any atom is -0.322 e. The topological polar surface area (TPSA) is 87.8 Å². The molecule has 0 spiro atoms. The highest BCUT2D eigenvalue weighted by atomic mass is 32.2. The standard InChI is InChI=1S/C20H18N4O3S/c1-13-11-15(5-8-17(13)24(26)27)19(25)22-16-6-3-14(4-7-16)18-12-28-20-21-9-2-10-23(18)20/h3-8,11-12H,2,9-10H2,1H3,(H,22,25). The highest BCUT2D eigenvalue weighted by Gasteiger charge is 2.25. The van der Waals surface area contributed by atoms with Gasteiger partial charge in [-0.05, 0) is 43.2 Å². The monoisotopic (exact) mass is 394 g/mol. The van der Waals surface area contributed by atoms with Crippen molar-refractivity contribution in [1.29, 1.82) is 0 Å². The molecule has 2 heterocycles. The van der Waals surface area contributed by atoms with E-state index in [2.05, 4.69) is 20.6 Å². The molecule has 8 heteroatoms. The molecule has 0 bridgehead atoms. The second kappa shape index (κ2) is 7.47. The quantitative estimate of drug-likeness (QED) is 0.618. The zero-order valence-electron chi connectivity index (χ0n) is 15.2. The van der Waals surface area contributed by atoms with Gasteiger partial charge in [-0.2, -0.15) is 0 Å². The number of nitrogens with one attached hydrogen (secondary N) is 1. The largest absolute Gasteiger partial charge is 0.322 e. The van der Waals surface area contributed by atoms with Gasteiger partial charge in [0, 0.05) is 41.4 Å². The summed E-state index contributed by atoms with van der Waals surface area (Å²) < 4.78 is 0. The smallest absolute Gasteiger partial charge is 0.272 e. The summed E-state index contributed by atoms with van der Waals surface area (Å²) in [5.41, 5.74) is 3.72. The molecule has 0 saturated carbocycles. The molecule has 0 atom stereocenters. The van der Waals surface area contributed by atoms with Crippen LogP contribution in [0.1, 0.15) is 27.9 Å². The number of amidine groups is 1. The van der Waals surface area contributed by atoms with Crippen molar-refractivity contribution >= 4 is 39.9 Å². The number of amides is 1. The minimum atomic E-state index is -0.454. The SMILES string of the molecule is Cc1cc(C(=O)Nc2ccc(C3=CSC4=NCCCN34)cc2)ccc1[N+](=O)[O-]. The van der Waals surface area contributed by atoms with E-state index in [4.69, 9.17) is 0 Å². The van der Waals surface area contributed by atoms with E-state index in [0.29, 0.717) is 16.8 Å². The van der Waals surface area contributed by atoms with E-state index in [0.717, 1.165) is 35.9 Å². The van der Waals surface area contributed by atoms with Gasteiger partial charge in [0.25, 0.3) is 11.6 Å². The number of hydrogen-bond donors (Lipinski definition) is 1. The third-order valence-electron chi connectivity index (χ3n) is 4.68. The maximum atomic E-state index is 12.5. The van der Waals surface area contributed by atoms with Crippen LogP contribution in [0.15, 0.2) is 52.9 Å². The zero-order valence-corrected chi connectivity index (χ0v) is 16.0. The molecule has 0 saturated heterocycles. The summed E-state index contributed by atoms with van der Waals surface area (Å²) in [6.07, 6.45) is 1.05. The highest BCUT2D eigenvalue weighted by Crippen LogP contribution is 2.35. The lowest BCUT2D eigenvalue weighted by molar-refractivity contribution is -0.385. The Labute approximate surface area is 166 Å². The second-order valence-corrected chi connectivity index (χ2v) is 7.42. The van der Waals surface area contributed by atoms with Gasteiger partial charge in [-0.1, -0.05) is 23.9 Å². The second-order valence-electron chi connectivity index (χ2n) is 6.58. The Bertz CT molecular complexity index is 1010. The maximum Gasteiger partial charge on any atom is 0.272 e. The lowest BCUT2D eigenvalue weighted by Gasteiger charge is -2.25. The Morgan fingerprint density at radius 3 is 2.75 bits per heavy atom. The van der Waals surface area contributed by atoms with Crippen LogP contribution < -0.4 is 5.32 Å². The number of carbonyl (C=O) groups is 1. The molecule has 1 N–H and O–H groups in total. The highest BCUT2D eigenvalue weighted by molar-refractivity contribution is 8.16. The summed E-state index contributed by atoms with van der Waals surface area (Å²) in [5.74, 6) is -0.299. The maximum absolute atomic E-state index is 12.5. The molecule has 0 fully saturated rings. The number of nitro groups is 1.